The van der Waals surface area contributed by atoms with Gasteiger partial charge >= 0.3 is 0 Å². The average molecular weight is 221 g/mol. The number of hydrogen-bond acceptors (Lipinski definition) is 2. The fourth-order valence-electron chi connectivity index (χ4n) is 1.24. The van der Waals surface area contributed by atoms with Crippen molar-refractivity contribution in [2.45, 2.75) is 6.42 Å². The van der Waals surface area contributed by atoms with Crippen LogP contribution < -0.4 is 4.74 Å². The first-order valence-corrected chi connectivity index (χ1v) is 4.79. The van der Waals surface area contributed by atoms with Gasteiger partial charge in [0.1, 0.15) is 11.6 Å². The van der Waals surface area contributed by atoms with Crippen molar-refractivity contribution in [1.29, 1.82) is 0 Å². The Morgan fingerprint density at radius 2 is 2.38 bits per heavy atom. The van der Waals surface area contributed by atoms with Gasteiger partial charge in [0.15, 0.2) is 0 Å². The number of methoxy groups -OCH3 is 1. The van der Waals surface area contributed by atoms with Crippen molar-refractivity contribution in [3.05, 3.63) is 46.1 Å². The summed E-state index contributed by atoms with van der Waals surface area (Å²) in [5.74, 6) is 0.152. The molecule has 0 saturated carbocycles. The fraction of sp³-hybridized carbons (Fsp3) is 0.273. The van der Waals surface area contributed by atoms with Gasteiger partial charge in [-0.1, -0.05) is 23.3 Å². The van der Waals surface area contributed by atoms with Crippen LogP contribution in [0.4, 0.5) is 4.39 Å². The number of halogens is 1. The lowest BCUT2D eigenvalue weighted by Crippen LogP contribution is -1.90. The van der Waals surface area contributed by atoms with E-state index in [2.05, 4.69) is 10.0 Å². The molecule has 0 N–H and O–H groups in total. The first-order chi connectivity index (χ1) is 7.79. The van der Waals surface area contributed by atoms with Gasteiger partial charge in [0.05, 0.1) is 12.7 Å². The third-order valence-electron chi connectivity index (χ3n) is 1.98. The van der Waals surface area contributed by atoms with E-state index in [0.29, 0.717) is 24.3 Å². The summed E-state index contributed by atoms with van der Waals surface area (Å²) in [6, 6.07) is 4.65. The molecule has 0 atom stereocenters. The molecule has 0 saturated heterocycles. The Morgan fingerprint density at radius 1 is 1.56 bits per heavy atom. The van der Waals surface area contributed by atoms with Crippen LogP contribution in [0.2, 0.25) is 0 Å². The van der Waals surface area contributed by atoms with Crippen molar-refractivity contribution in [3.8, 4) is 5.75 Å². The van der Waals surface area contributed by atoms with Crippen LogP contribution in [0, 0.1) is 5.82 Å². The molecule has 0 aromatic heterocycles. The zero-order valence-corrected chi connectivity index (χ0v) is 8.93. The van der Waals surface area contributed by atoms with Crippen molar-refractivity contribution in [1.82, 2.24) is 0 Å². The van der Waals surface area contributed by atoms with Crippen molar-refractivity contribution in [3.63, 3.8) is 0 Å². The minimum Gasteiger partial charge on any atom is -0.496 e. The zero-order chi connectivity index (χ0) is 11.8. The molecule has 0 bridgehead atoms. The van der Waals surface area contributed by atoms with Gasteiger partial charge < -0.3 is 4.74 Å². The van der Waals surface area contributed by atoms with Gasteiger partial charge in [-0.05, 0) is 24.1 Å². The molecule has 84 valence electrons. The van der Waals surface area contributed by atoms with Crippen LogP contribution in [-0.2, 0) is 0 Å². The maximum absolute atomic E-state index is 13.4. The predicted octanol–water partition coefficient (Wildman–Crippen LogP) is 3.55. The van der Waals surface area contributed by atoms with E-state index in [1.54, 1.807) is 24.3 Å². The summed E-state index contributed by atoms with van der Waals surface area (Å²) >= 11 is 0. The monoisotopic (exact) mass is 221 g/mol. The van der Waals surface area contributed by atoms with Crippen LogP contribution in [0.25, 0.3) is 16.5 Å². The van der Waals surface area contributed by atoms with Crippen LogP contribution in [0.3, 0.4) is 0 Å². The molecule has 16 heavy (non-hydrogen) atoms. The van der Waals surface area contributed by atoms with Crippen LogP contribution in [0.1, 0.15) is 12.0 Å². The molecule has 0 aliphatic rings. The molecule has 0 heterocycles. The predicted molar refractivity (Wildman–Crippen MR) is 60.6 cm³/mol. The van der Waals surface area contributed by atoms with E-state index >= 15 is 0 Å². The summed E-state index contributed by atoms with van der Waals surface area (Å²) in [6.45, 7) is 0.365. The molecule has 1 aromatic rings. The van der Waals surface area contributed by atoms with E-state index < -0.39 is 0 Å². The molecular weight excluding hydrogens is 209 g/mol. The summed E-state index contributed by atoms with van der Waals surface area (Å²) in [5, 5.41) is 3.37. The van der Waals surface area contributed by atoms with Gasteiger partial charge in [0, 0.05) is 11.5 Å². The summed E-state index contributed by atoms with van der Waals surface area (Å²) in [6.07, 6.45) is 3.94. The van der Waals surface area contributed by atoms with Gasteiger partial charge in [-0.3, -0.25) is 0 Å². The van der Waals surface area contributed by atoms with Gasteiger partial charge in [-0.15, -0.1) is 0 Å². The Bertz CT molecular complexity index is 425. The molecule has 1 aromatic carbocycles. The normalized spacial score (nSPS) is 10.1. The highest BCUT2D eigenvalue weighted by Crippen LogP contribution is 2.22. The second-order valence-corrected chi connectivity index (χ2v) is 3.00. The average Bonchev–Trinajstić information content (AvgIpc) is 2.30. The van der Waals surface area contributed by atoms with Crippen LogP contribution >= 0.6 is 0 Å². The van der Waals surface area contributed by atoms with E-state index in [9.17, 15) is 4.39 Å². The molecule has 0 aliphatic carbocycles. The third-order valence-corrected chi connectivity index (χ3v) is 1.98. The summed E-state index contributed by atoms with van der Waals surface area (Å²) < 4.78 is 18.4. The topological polar surface area (TPSA) is 58.0 Å². The van der Waals surface area contributed by atoms with E-state index in [4.69, 9.17) is 10.3 Å². The SMILES string of the molecule is COc1cccc(F)c1C=CCCN=[N+]=[N-]. The van der Waals surface area contributed by atoms with Gasteiger partial charge in [-0.2, -0.15) is 0 Å². The molecule has 4 nitrogen and oxygen atoms in total. The van der Waals surface area contributed by atoms with E-state index in [0.717, 1.165) is 0 Å². The molecule has 0 radical (unpaired) electrons. The summed E-state index contributed by atoms with van der Waals surface area (Å²) in [4.78, 5) is 2.62. The Morgan fingerprint density at radius 3 is 3.06 bits per heavy atom. The largest absolute Gasteiger partial charge is 0.496 e. The smallest absolute Gasteiger partial charge is 0.134 e. The van der Waals surface area contributed by atoms with E-state index in [1.165, 1.54) is 13.2 Å². The lowest BCUT2D eigenvalue weighted by molar-refractivity contribution is 0.410. The van der Waals surface area contributed by atoms with Crippen LogP contribution in [0.5, 0.6) is 5.75 Å². The lowest BCUT2D eigenvalue weighted by atomic mass is 10.1. The maximum atomic E-state index is 13.4. The zero-order valence-electron chi connectivity index (χ0n) is 8.93. The van der Waals surface area contributed by atoms with Crippen LogP contribution in [-0.4, -0.2) is 13.7 Å². The van der Waals surface area contributed by atoms with E-state index in [-0.39, 0.29) is 5.82 Å². The van der Waals surface area contributed by atoms with Crippen molar-refractivity contribution < 1.29 is 9.13 Å². The minimum absolute atomic E-state index is 0.334. The summed E-state index contributed by atoms with van der Waals surface area (Å²) in [5.41, 5.74) is 8.47. The molecule has 0 fully saturated rings. The first-order valence-electron chi connectivity index (χ1n) is 4.79. The highest BCUT2D eigenvalue weighted by atomic mass is 19.1. The molecule has 0 spiro atoms. The van der Waals surface area contributed by atoms with Gasteiger partial charge in [0.25, 0.3) is 0 Å². The van der Waals surface area contributed by atoms with Gasteiger partial charge in [-0.25, -0.2) is 4.39 Å². The van der Waals surface area contributed by atoms with Crippen molar-refractivity contribution in [2.75, 3.05) is 13.7 Å². The molecular formula is C11H12FN3O. The highest BCUT2D eigenvalue weighted by Gasteiger charge is 2.04. The number of ether oxygens (including phenoxy) is 1. The standard InChI is InChI=1S/C11H12FN3O/c1-16-11-7-4-6-10(12)9(11)5-2-3-8-14-15-13/h2,4-7H,3,8H2,1H3. The number of rotatable bonds is 5. The second-order valence-electron chi connectivity index (χ2n) is 3.00. The fourth-order valence-corrected chi connectivity index (χ4v) is 1.24. The highest BCUT2D eigenvalue weighted by molar-refractivity contribution is 5.57. The molecule has 0 aliphatic heterocycles. The number of nitrogens with zero attached hydrogens (tertiary/aromatic N) is 3. The molecule has 1 rings (SSSR count). The Labute approximate surface area is 93.0 Å². The van der Waals surface area contributed by atoms with Crippen molar-refractivity contribution >= 4 is 6.08 Å². The van der Waals surface area contributed by atoms with Gasteiger partial charge in [0.2, 0.25) is 0 Å². The Kier molecular flexibility index (Phi) is 4.89. The molecule has 0 amide bonds. The van der Waals surface area contributed by atoms with E-state index in [1.807, 2.05) is 0 Å². The molecule has 5 heteroatoms. The quantitative estimate of drug-likeness (QED) is 0.324. The lowest BCUT2D eigenvalue weighted by Gasteiger charge is -2.04. The third kappa shape index (κ3) is 3.29. The number of azide groups is 1. The minimum atomic E-state index is -0.334. The first kappa shape index (κ1) is 12.1. The molecule has 0 unspecified atom stereocenters. The Hall–Kier alpha value is -2.00. The van der Waals surface area contributed by atoms with Crippen molar-refractivity contribution in [2.24, 2.45) is 5.11 Å². The summed E-state index contributed by atoms with van der Waals surface area (Å²) in [7, 11) is 1.49. The number of benzene rings is 1. The van der Waals surface area contributed by atoms with Crippen LogP contribution in [0.15, 0.2) is 29.4 Å². The second kappa shape index (κ2) is 6.48. The Balaban J connectivity index is 2.75. The maximum Gasteiger partial charge on any atom is 0.134 e. The number of hydrogen-bond donors (Lipinski definition) is 0.